The third kappa shape index (κ3) is 3.19. The maximum atomic E-state index is 13.1. The van der Waals surface area contributed by atoms with Crippen LogP contribution in [0, 0.1) is 12.3 Å². The summed E-state index contributed by atoms with van der Waals surface area (Å²) in [6.45, 7) is 5.92. The minimum atomic E-state index is -0.735. The van der Waals surface area contributed by atoms with E-state index in [4.69, 9.17) is 15.9 Å². The zero-order valence-electron chi connectivity index (χ0n) is 15.6. The summed E-state index contributed by atoms with van der Waals surface area (Å²) in [5, 5.41) is 8.73. The van der Waals surface area contributed by atoms with Gasteiger partial charge in [0.25, 0.3) is 11.5 Å². The van der Waals surface area contributed by atoms with Crippen LogP contribution in [-0.4, -0.2) is 57.6 Å². The van der Waals surface area contributed by atoms with Gasteiger partial charge in [0.05, 0.1) is 24.2 Å². The van der Waals surface area contributed by atoms with Crippen molar-refractivity contribution in [3.8, 4) is 0 Å². The molecule has 0 bridgehead atoms. The molecule has 0 radical (unpaired) electrons. The minimum absolute atomic E-state index is 0.0148. The van der Waals surface area contributed by atoms with E-state index in [1.165, 1.54) is 10.5 Å². The number of rotatable bonds is 4. The zero-order chi connectivity index (χ0) is 19.8. The molecular formula is C19H22N6O3. The second-order valence-corrected chi connectivity index (χ2v) is 6.97. The van der Waals surface area contributed by atoms with E-state index >= 15 is 0 Å². The number of nitrogens with zero attached hydrogens (tertiary/aromatic N) is 4. The number of morpholine rings is 1. The number of aryl methyl sites for hydroxylation is 1. The highest BCUT2D eigenvalue weighted by Crippen LogP contribution is 2.11. The number of primary amides is 1. The summed E-state index contributed by atoms with van der Waals surface area (Å²) in [5.74, 6) is -0.735. The lowest BCUT2D eigenvalue weighted by Crippen LogP contribution is -2.40. The van der Waals surface area contributed by atoms with Crippen molar-refractivity contribution in [3.05, 3.63) is 51.4 Å². The van der Waals surface area contributed by atoms with Crippen molar-refractivity contribution in [1.29, 1.82) is 5.41 Å². The molecule has 0 aromatic carbocycles. The Kier molecular flexibility index (Phi) is 4.70. The first kappa shape index (κ1) is 18.3. The topological polar surface area (TPSA) is 119 Å². The lowest BCUT2D eigenvalue weighted by atomic mass is 10.2. The number of ether oxygens (including phenoxy) is 1. The molecule has 1 saturated heterocycles. The summed E-state index contributed by atoms with van der Waals surface area (Å²) in [5.41, 5.74) is 6.97. The molecule has 0 unspecified atom stereocenters. The van der Waals surface area contributed by atoms with Crippen LogP contribution in [-0.2, 0) is 11.3 Å². The Bertz CT molecular complexity index is 1190. The number of aromatic nitrogens is 3. The van der Waals surface area contributed by atoms with Gasteiger partial charge in [-0.05, 0) is 24.6 Å². The van der Waals surface area contributed by atoms with Crippen LogP contribution >= 0.6 is 0 Å². The van der Waals surface area contributed by atoms with Crippen molar-refractivity contribution in [2.24, 2.45) is 5.73 Å². The lowest BCUT2D eigenvalue weighted by Gasteiger charge is -2.27. The molecule has 3 aromatic rings. The Morgan fingerprint density at radius 1 is 1.29 bits per heavy atom. The molecule has 1 fully saturated rings. The normalized spacial score (nSPS) is 15.3. The van der Waals surface area contributed by atoms with Gasteiger partial charge in [0.2, 0.25) is 0 Å². The predicted molar refractivity (Wildman–Crippen MR) is 103 cm³/mol. The SMILES string of the molecule is Cc1ccc2nc3c(cc(C(N)=O)c(=N)n3CCN3CCOCC3)c(=O)n2c1. The van der Waals surface area contributed by atoms with Crippen molar-refractivity contribution in [3.63, 3.8) is 0 Å². The number of carbonyl (C=O) groups excluding carboxylic acids is 1. The highest BCUT2D eigenvalue weighted by molar-refractivity contribution is 5.95. The largest absolute Gasteiger partial charge is 0.379 e. The highest BCUT2D eigenvalue weighted by atomic mass is 16.5. The summed E-state index contributed by atoms with van der Waals surface area (Å²) in [6, 6.07) is 5.04. The first-order valence-electron chi connectivity index (χ1n) is 9.17. The van der Waals surface area contributed by atoms with Gasteiger partial charge >= 0.3 is 0 Å². The Morgan fingerprint density at radius 3 is 2.75 bits per heavy atom. The molecule has 0 atom stereocenters. The average Bonchev–Trinajstić information content (AvgIpc) is 2.68. The fraction of sp³-hybridized carbons (Fsp3) is 0.368. The van der Waals surface area contributed by atoms with Gasteiger partial charge in [-0.1, -0.05) is 6.07 Å². The van der Waals surface area contributed by atoms with Gasteiger partial charge in [0.1, 0.15) is 16.8 Å². The van der Waals surface area contributed by atoms with Crippen LogP contribution in [0.1, 0.15) is 15.9 Å². The summed E-state index contributed by atoms with van der Waals surface area (Å²) in [6.07, 6.45) is 1.71. The Morgan fingerprint density at radius 2 is 2.04 bits per heavy atom. The Balaban J connectivity index is 1.92. The molecular weight excluding hydrogens is 360 g/mol. The molecule has 0 aliphatic carbocycles. The van der Waals surface area contributed by atoms with E-state index in [2.05, 4.69) is 9.88 Å². The molecule has 0 spiro atoms. The van der Waals surface area contributed by atoms with Crippen molar-refractivity contribution < 1.29 is 9.53 Å². The lowest BCUT2D eigenvalue weighted by molar-refractivity contribution is 0.0363. The van der Waals surface area contributed by atoms with E-state index < -0.39 is 5.91 Å². The maximum absolute atomic E-state index is 13.1. The third-order valence-electron chi connectivity index (χ3n) is 5.06. The number of carbonyl (C=O) groups is 1. The van der Waals surface area contributed by atoms with E-state index in [-0.39, 0.29) is 22.0 Å². The summed E-state index contributed by atoms with van der Waals surface area (Å²) < 4.78 is 8.43. The fourth-order valence-electron chi connectivity index (χ4n) is 3.51. The van der Waals surface area contributed by atoms with Crippen LogP contribution in [0.2, 0.25) is 0 Å². The van der Waals surface area contributed by atoms with Crippen LogP contribution in [0.5, 0.6) is 0 Å². The number of hydrogen-bond acceptors (Lipinski definition) is 6. The number of pyridine rings is 2. The maximum Gasteiger partial charge on any atom is 0.267 e. The molecule has 146 valence electrons. The Hall–Kier alpha value is -3.04. The molecule has 9 heteroatoms. The molecule has 4 heterocycles. The van der Waals surface area contributed by atoms with Crippen molar-refractivity contribution in [1.82, 2.24) is 18.9 Å². The van der Waals surface area contributed by atoms with Gasteiger partial charge < -0.3 is 15.0 Å². The second-order valence-electron chi connectivity index (χ2n) is 6.97. The predicted octanol–water partition coefficient (Wildman–Crippen LogP) is -0.132. The molecule has 1 amide bonds. The Labute approximate surface area is 160 Å². The van der Waals surface area contributed by atoms with E-state index in [9.17, 15) is 9.59 Å². The first-order valence-corrected chi connectivity index (χ1v) is 9.17. The van der Waals surface area contributed by atoms with Crippen LogP contribution in [0.15, 0.2) is 29.2 Å². The molecule has 3 N–H and O–H groups in total. The number of nitrogens with two attached hydrogens (primary N) is 1. The monoisotopic (exact) mass is 382 g/mol. The summed E-state index contributed by atoms with van der Waals surface area (Å²) >= 11 is 0. The molecule has 28 heavy (non-hydrogen) atoms. The van der Waals surface area contributed by atoms with Gasteiger partial charge in [-0.2, -0.15) is 0 Å². The standard InChI is InChI=1S/C19H22N6O3/c1-12-2-3-15-22-18-14(19(27)25(15)11-12)10-13(17(21)26)16(20)24(18)5-4-23-6-8-28-9-7-23/h2-3,10-11,20H,4-9H2,1H3,(H2,21,26). The fourth-order valence-corrected chi connectivity index (χ4v) is 3.51. The number of hydrogen-bond donors (Lipinski definition) is 2. The van der Waals surface area contributed by atoms with Gasteiger partial charge in [-0.3, -0.25) is 24.3 Å². The van der Waals surface area contributed by atoms with Crippen LogP contribution < -0.4 is 16.8 Å². The van der Waals surface area contributed by atoms with E-state index in [0.717, 1.165) is 18.7 Å². The van der Waals surface area contributed by atoms with Gasteiger partial charge in [0, 0.05) is 32.4 Å². The highest BCUT2D eigenvalue weighted by Gasteiger charge is 2.17. The van der Waals surface area contributed by atoms with E-state index in [1.807, 2.05) is 13.0 Å². The number of nitrogens with one attached hydrogen (secondary N) is 1. The molecule has 1 aliphatic rings. The minimum Gasteiger partial charge on any atom is -0.379 e. The van der Waals surface area contributed by atoms with Crippen LogP contribution in [0.3, 0.4) is 0 Å². The number of amides is 1. The van der Waals surface area contributed by atoms with Crippen molar-refractivity contribution in [2.75, 3.05) is 32.8 Å². The molecule has 0 saturated carbocycles. The average molecular weight is 382 g/mol. The second kappa shape index (κ2) is 7.17. The smallest absolute Gasteiger partial charge is 0.267 e. The molecule has 9 nitrogen and oxygen atoms in total. The van der Waals surface area contributed by atoms with Crippen LogP contribution in [0.25, 0.3) is 16.7 Å². The third-order valence-corrected chi connectivity index (χ3v) is 5.06. The molecule has 1 aliphatic heterocycles. The van der Waals surface area contributed by atoms with E-state index in [1.54, 1.807) is 16.8 Å². The zero-order valence-corrected chi connectivity index (χ0v) is 15.6. The van der Waals surface area contributed by atoms with Crippen LogP contribution in [0.4, 0.5) is 0 Å². The molecule has 4 rings (SSSR count). The summed E-state index contributed by atoms with van der Waals surface area (Å²) in [7, 11) is 0. The van der Waals surface area contributed by atoms with Gasteiger partial charge in [-0.25, -0.2) is 4.98 Å². The van der Waals surface area contributed by atoms with Crippen molar-refractivity contribution >= 4 is 22.6 Å². The van der Waals surface area contributed by atoms with Gasteiger partial charge in [0.15, 0.2) is 0 Å². The first-order chi connectivity index (χ1) is 13.5. The van der Waals surface area contributed by atoms with Gasteiger partial charge in [-0.15, -0.1) is 0 Å². The summed E-state index contributed by atoms with van der Waals surface area (Å²) in [4.78, 5) is 31.8. The van der Waals surface area contributed by atoms with E-state index in [0.29, 0.717) is 37.6 Å². The molecule has 3 aromatic heterocycles. The van der Waals surface area contributed by atoms with Crippen molar-refractivity contribution in [2.45, 2.75) is 13.5 Å². The quantitative estimate of drug-likeness (QED) is 0.609. The number of fused-ring (bicyclic) bond motifs is 2.